The van der Waals surface area contributed by atoms with Crippen molar-refractivity contribution in [2.75, 3.05) is 19.1 Å². The lowest BCUT2D eigenvalue weighted by Gasteiger charge is -2.25. The maximum atomic E-state index is 11.5. The van der Waals surface area contributed by atoms with Crippen molar-refractivity contribution in [1.82, 2.24) is 15.0 Å². The van der Waals surface area contributed by atoms with Crippen LogP contribution in [0.2, 0.25) is 0 Å². The molecule has 9 heteroatoms. The summed E-state index contributed by atoms with van der Waals surface area (Å²) >= 11 is 0. The Balaban J connectivity index is 1.33. The Morgan fingerprint density at radius 1 is 0.586 bits per heavy atom. The summed E-state index contributed by atoms with van der Waals surface area (Å²) in [5.41, 5.74) is 10.5. The number of para-hydroxylation sites is 2. The molecule has 9 nitrogen and oxygen atoms in total. The van der Waals surface area contributed by atoms with Gasteiger partial charge in [0.05, 0.1) is 31.3 Å². The van der Waals surface area contributed by atoms with Gasteiger partial charge in [0.15, 0.2) is 0 Å². The minimum absolute atomic E-state index is 0.355. The zero-order valence-corrected chi connectivity index (χ0v) is 31.6. The van der Waals surface area contributed by atoms with E-state index in [4.69, 9.17) is 24.4 Å². The molecule has 0 spiro atoms. The highest BCUT2D eigenvalue weighted by Crippen LogP contribution is 2.40. The van der Waals surface area contributed by atoms with Crippen LogP contribution in [0.1, 0.15) is 5.56 Å². The summed E-state index contributed by atoms with van der Waals surface area (Å²) in [7, 11) is 3.26. The normalized spacial score (nSPS) is 11.2. The number of fused-ring (bicyclic) bond motifs is 1. The lowest BCUT2D eigenvalue weighted by atomic mass is 9.99. The number of pyridine rings is 1. The predicted octanol–water partition coefficient (Wildman–Crippen LogP) is 11.2. The fourth-order valence-corrected chi connectivity index (χ4v) is 6.80. The maximum absolute atomic E-state index is 11.5. The Morgan fingerprint density at radius 3 is 1.52 bits per heavy atom. The first-order valence-corrected chi connectivity index (χ1v) is 18.4. The van der Waals surface area contributed by atoms with Crippen molar-refractivity contribution in [3.8, 4) is 62.5 Å². The number of ether oxygens (including phenoxy) is 2. The second-order valence-electron chi connectivity index (χ2n) is 13.2. The zero-order chi connectivity index (χ0) is 40.0. The van der Waals surface area contributed by atoms with Crippen molar-refractivity contribution < 1.29 is 19.4 Å². The van der Waals surface area contributed by atoms with Crippen molar-refractivity contribution in [2.24, 2.45) is 0 Å². The number of hydrogen-bond acceptors (Lipinski definition) is 8. The molecule has 0 amide bonds. The molecule has 2 heterocycles. The number of nitriles is 1. The number of benzene rings is 6. The molecule has 0 aliphatic rings. The van der Waals surface area contributed by atoms with Gasteiger partial charge in [-0.15, -0.1) is 0 Å². The number of nitrogens with zero attached hydrogens (tertiary/aromatic N) is 5. The average Bonchev–Trinajstić information content (AvgIpc) is 3.28. The second-order valence-corrected chi connectivity index (χ2v) is 13.2. The Morgan fingerprint density at radius 2 is 1.03 bits per heavy atom. The number of carboxylic acids is 1. The van der Waals surface area contributed by atoms with Gasteiger partial charge in [-0.25, -0.2) is 14.8 Å². The topological polar surface area (TPSA) is 121 Å². The van der Waals surface area contributed by atoms with Crippen LogP contribution in [-0.4, -0.2) is 40.2 Å². The molecule has 2 aromatic heterocycles. The largest absolute Gasteiger partial charge is 0.497 e. The molecule has 8 aromatic rings. The Hall–Kier alpha value is -8.09. The molecule has 280 valence electrons. The third kappa shape index (κ3) is 7.46. The monoisotopic (exact) mass is 757 g/mol. The van der Waals surface area contributed by atoms with Crippen LogP contribution in [0.15, 0.2) is 169 Å². The number of rotatable bonds is 11. The third-order valence-corrected chi connectivity index (χ3v) is 9.74. The molecule has 0 aliphatic heterocycles. The summed E-state index contributed by atoms with van der Waals surface area (Å²) in [6.45, 7) is 0. The van der Waals surface area contributed by atoms with E-state index in [-0.39, 0.29) is 5.57 Å². The summed E-state index contributed by atoms with van der Waals surface area (Å²) < 4.78 is 10.9. The molecular formula is C49H35N5O4. The average molecular weight is 758 g/mol. The van der Waals surface area contributed by atoms with Crippen molar-refractivity contribution in [3.63, 3.8) is 0 Å². The molecule has 58 heavy (non-hydrogen) atoms. The number of carboxylic acid groups (broad SMARTS) is 1. The smallest absolute Gasteiger partial charge is 0.346 e. The SMILES string of the molecule is COc1ccc(-c2nc3c(-c4ccc(/C=C(/C#N)C(=O)O)cc4)cnc(-c4ccc(N(c5ccccc5)c5ccccc5)cc4)c3nc2-c2ccc(OC)cc2)cc1. The molecule has 0 unspecified atom stereocenters. The fraction of sp³-hybridized carbons (Fsp3) is 0.0408. The van der Waals surface area contributed by atoms with E-state index in [1.807, 2.05) is 97.1 Å². The Bertz CT molecular complexity index is 2760. The summed E-state index contributed by atoms with van der Waals surface area (Å²) in [6.07, 6.45) is 3.14. The van der Waals surface area contributed by atoms with E-state index in [9.17, 15) is 15.2 Å². The van der Waals surface area contributed by atoms with E-state index in [1.165, 1.54) is 6.08 Å². The predicted molar refractivity (Wildman–Crippen MR) is 228 cm³/mol. The van der Waals surface area contributed by atoms with Gasteiger partial charge < -0.3 is 19.5 Å². The van der Waals surface area contributed by atoms with Crippen LogP contribution in [-0.2, 0) is 4.79 Å². The van der Waals surface area contributed by atoms with Gasteiger partial charge in [-0.05, 0) is 102 Å². The van der Waals surface area contributed by atoms with Crippen LogP contribution in [0.25, 0.3) is 62.0 Å². The molecule has 0 saturated heterocycles. The highest BCUT2D eigenvalue weighted by Gasteiger charge is 2.21. The van der Waals surface area contributed by atoms with Crippen LogP contribution in [0.5, 0.6) is 11.5 Å². The van der Waals surface area contributed by atoms with Gasteiger partial charge in [-0.2, -0.15) is 5.26 Å². The fourth-order valence-electron chi connectivity index (χ4n) is 6.80. The Labute approximate surface area is 335 Å². The summed E-state index contributed by atoms with van der Waals surface area (Å²) in [4.78, 5) is 29.6. The second kappa shape index (κ2) is 16.3. The molecule has 6 aromatic carbocycles. The van der Waals surface area contributed by atoms with Gasteiger partial charge in [-0.3, -0.25) is 4.98 Å². The van der Waals surface area contributed by atoms with Crippen LogP contribution in [0.3, 0.4) is 0 Å². The van der Waals surface area contributed by atoms with Crippen LogP contribution < -0.4 is 14.4 Å². The van der Waals surface area contributed by atoms with E-state index in [2.05, 4.69) is 53.4 Å². The Kier molecular flexibility index (Phi) is 10.4. The van der Waals surface area contributed by atoms with Gasteiger partial charge in [0.25, 0.3) is 0 Å². The maximum Gasteiger partial charge on any atom is 0.346 e. The van der Waals surface area contributed by atoms with Gasteiger partial charge in [0, 0.05) is 45.5 Å². The quantitative estimate of drug-likeness (QED) is 0.101. The molecule has 0 atom stereocenters. The minimum atomic E-state index is -1.28. The molecule has 0 radical (unpaired) electrons. The van der Waals surface area contributed by atoms with Crippen LogP contribution in [0, 0.1) is 11.3 Å². The van der Waals surface area contributed by atoms with Crippen LogP contribution in [0.4, 0.5) is 17.1 Å². The summed E-state index contributed by atoms with van der Waals surface area (Å²) in [5, 5.41) is 18.7. The van der Waals surface area contributed by atoms with E-state index < -0.39 is 5.97 Å². The molecular weight excluding hydrogens is 723 g/mol. The molecule has 8 rings (SSSR count). The lowest BCUT2D eigenvalue weighted by Crippen LogP contribution is -2.09. The van der Waals surface area contributed by atoms with Crippen LogP contribution >= 0.6 is 0 Å². The first-order valence-electron chi connectivity index (χ1n) is 18.4. The highest BCUT2D eigenvalue weighted by molar-refractivity contribution is 6.02. The molecule has 0 aliphatic carbocycles. The third-order valence-electron chi connectivity index (χ3n) is 9.74. The number of methoxy groups -OCH3 is 2. The standard InChI is InChI=1S/C49H35N5O4/c1-57-41-25-19-35(20-26-41)45-46(36-21-27-42(58-2)28-22-36)53-48-44(51-31-43(47(48)52-45)33-15-13-32(14-16-33)29-37(30-50)49(55)56)34-17-23-40(24-18-34)54(38-9-5-3-6-10-38)39-11-7-4-8-12-39/h3-29,31H,1-2H3,(H,55,56)/b37-29-. The number of hydrogen-bond donors (Lipinski definition) is 1. The van der Waals surface area contributed by atoms with Gasteiger partial charge >= 0.3 is 5.97 Å². The summed E-state index contributed by atoms with van der Waals surface area (Å²) in [6, 6.07) is 53.2. The van der Waals surface area contributed by atoms with Crippen molar-refractivity contribution in [2.45, 2.75) is 0 Å². The van der Waals surface area contributed by atoms with Crippen molar-refractivity contribution in [3.05, 3.63) is 175 Å². The number of anilines is 3. The molecule has 0 fully saturated rings. The van der Waals surface area contributed by atoms with E-state index in [0.717, 1.165) is 50.6 Å². The first kappa shape index (κ1) is 36.9. The van der Waals surface area contributed by atoms with E-state index in [0.29, 0.717) is 39.4 Å². The highest BCUT2D eigenvalue weighted by atomic mass is 16.5. The molecule has 0 bridgehead atoms. The van der Waals surface area contributed by atoms with Gasteiger partial charge in [-0.1, -0.05) is 72.8 Å². The molecule has 0 saturated carbocycles. The number of carbonyl (C=O) groups is 1. The number of aliphatic carboxylic acids is 1. The van der Waals surface area contributed by atoms with E-state index >= 15 is 0 Å². The summed E-state index contributed by atoms with van der Waals surface area (Å²) in [5.74, 6) is 0.151. The van der Waals surface area contributed by atoms with E-state index in [1.54, 1.807) is 38.6 Å². The van der Waals surface area contributed by atoms with Crippen molar-refractivity contribution in [1.29, 1.82) is 5.26 Å². The number of aromatic nitrogens is 3. The lowest BCUT2D eigenvalue weighted by molar-refractivity contribution is -0.132. The first-order chi connectivity index (χ1) is 28.4. The van der Waals surface area contributed by atoms with Gasteiger partial charge in [0.2, 0.25) is 0 Å². The van der Waals surface area contributed by atoms with Gasteiger partial charge in [0.1, 0.15) is 34.2 Å². The minimum Gasteiger partial charge on any atom is -0.497 e. The molecule has 1 N–H and O–H groups in total. The van der Waals surface area contributed by atoms with Crippen molar-refractivity contribution >= 4 is 40.1 Å². The zero-order valence-electron chi connectivity index (χ0n) is 31.6.